The van der Waals surface area contributed by atoms with Crippen molar-refractivity contribution in [3.05, 3.63) is 35.9 Å². The zero-order valence-corrected chi connectivity index (χ0v) is 10.2. The number of nitrogens with zero attached hydrogens (tertiary/aromatic N) is 1. The van der Waals surface area contributed by atoms with E-state index >= 15 is 0 Å². The van der Waals surface area contributed by atoms with Crippen molar-refractivity contribution in [2.24, 2.45) is 0 Å². The fraction of sp³-hybridized carbons (Fsp3) is 0.571. The van der Waals surface area contributed by atoms with Crippen LogP contribution in [0.25, 0.3) is 0 Å². The highest BCUT2D eigenvalue weighted by Gasteiger charge is 2.13. The van der Waals surface area contributed by atoms with Crippen molar-refractivity contribution >= 4 is 0 Å². The van der Waals surface area contributed by atoms with Crippen molar-refractivity contribution in [1.29, 1.82) is 0 Å². The average molecular weight is 218 g/mol. The summed E-state index contributed by atoms with van der Waals surface area (Å²) < 4.78 is 0. The maximum absolute atomic E-state index is 3.45. The Morgan fingerprint density at radius 3 is 2.81 bits per heavy atom. The second-order valence-corrected chi connectivity index (χ2v) is 4.72. The van der Waals surface area contributed by atoms with Crippen LogP contribution in [0.4, 0.5) is 0 Å². The van der Waals surface area contributed by atoms with Crippen molar-refractivity contribution < 1.29 is 0 Å². The molecular weight excluding hydrogens is 196 g/mol. The lowest BCUT2D eigenvalue weighted by Crippen LogP contribution is -2.31. The maximum Gasteiger partial charge on any atom is 0.0107 e. The Morgan fingerprint density at radius 2 is 2.00 bits per heavy atom. The number of benzene rings is 1. The SMILES string of the molecule is C[C@@H](CN1CCCNCC1)c1ccccc1. The second-order valence-electron chi connectivity index (χ2n) is 4.72. The van der Waals surface area contributed by atoms with Crippen LogP contribution in [0.5, 0.6) is 0 Å². The van der Waals surface area contributed by atoms with E-state index in [1.54, 1.807) is 0 Å². The van der Waals surface area contributed by atoms with Crippen LogP contribution >= 0.6 is 0 Å². The maximum atomic E-state index is 3.45. The molecule has 1 N–H and O–H groups in total. The fourth-order valence-electron chi connectivity index (χ4n) is 2.36. The van der Waals surface area contributed by atoms with Crippen molar-refractivity contribution in [3.8, 4) is 0 Å². The first kappa shape index (κ1) is 11.6. The molecule has 0 radical (unpaired) electrons. The van der Waals surface area contributed by atoms with Gasteiger partial charge in [0.15, 0.2) is 0 Å². The highest BCUT2D eigenvalue weighted by atomic mass is 15.1. The normalized spacial score (nSPS) is 20.3. The summed E-state index contributed by atoms with van der Waals surface area (Å²) in [7, 11) is 0. The van der Waals surface area contributed by atoms with Crippen LogP contribution in [0, 0.1) is 0 Å². The Balaban J connectivity index is 1.88. The molecule has 1 atom stereocenters. The molecule has 2 rings (SSSR count). The summed E-state index contributed by atoms with van der Waals surface area (Å²) in [5.74, 6) is 0.638. The van der Waals surface area contributed by atoms with Crippen molar-refractivity contribution in [1.82, 2.24) is 10.2 Å². The van der Waals surface area contributed by atoms with E-state index in [4.69, 9.17) is 0 Å². The lowest BCUT2D eigenvalue weighted by molar-refractivity contribution is 0.278. The first-order valence-electron chi connectivity index (χ1n) is 6.34. The van der Waals surface area contributed by atoms with Gasteiger partial charge in [0.25, 0.3) is 0 Å². The molecule has 0 aliphatic carbocycles. The largest absolute Gasteiger partial charge is 0.315 e. The quantitative estimate of drug-likeness (QED) is 0.835. The number of hydrogen-bond acceptors (Lipinski definition) is 2. The molecule has 16 heavy (non-hydrogen) atoms. The number of hydrogen-bond donors (Lipinski definition) is 1. The van der Waals surface area contributed by atoms with Gasteiger partial charge in [0, 0.05) is 19.6 Å². The topological polar surface area (TPSA) is 15.3 Å². The molecule has 2 nitrogen and oxygen atoms in total. The Bertz CT molecular complexity index is 289. The van der Waals surface area contributed by atoms with Crippen molar-refractivity contribution in [2.75, 3.05) is 32.7 Å². The van der Waals surface area contributed by atoms with Gasteiger partial charge in [0.2, 0.25) is 0 Å². The Morgan fingerprint density at radius 1 is 1.19 bits per heavy atom. The van der Waals surface area contributed by atoms with E-state index in [0.717, 1.165) is 6.54 Å². The third-order valence-corrected chi connectivity index (χ3v) is 3.33. The van der Waals surface area contributed by atoms with Crippen LogP contribution < -0.4 is 5.32 Å². The molecule has 2 heteroatoms. The van der Waals surface area contributed by atoms with Crippen molar-refractivity contribution in [3.63, 3.8) is 0 Å². The summed E-state index contributed by atoms with van der Waals surface area (Å²) in [6, 6.07) is 10.8. The molecule has 88 valence electrons. The summed E-state index contributed by atoms with van der Waals surface area (Å²) in [4.78, 5) is 2.58. The number of rotatable bonds is 3. The van der Waals surface area contributed by atoms with Crippen LogP contribution in [-0.4, -0.2) is 37.6 Å². The first-order valence-corrected chi connectivity index (χ1v) is 6.34. The van der Waals surface area contributed by atoms with Crippen molar-refractivity contribution in [2.45, 2.75) is 19.3 Å². The van der Waals surface area contributed by atoms with Gasteiger partial charge in [-0.05, 0) is 31.0 Å². The summed E-state index contributed by atoms with van der Waals surface area (Å²) in [6.45, 7) is 8.26. The molecule has 0 amide bonds. The van der Waals surface area contributed by atoms with Gasteiger partial charge in [-0.2, -0.15) is 0 Å². The van der Waals surface area contributed by atoms with Gasteiger partial charge in [0.05, 0.1) is 0 Å². The highest BCUT2D eigenvalue weighted by Crippen LogP contribution is 2.16. The van der Waals surface area contributed by atoms with Gasteiger partial charge in [-0.3, -0.25) is 0 Å². The standard InChI is InChI=1S/C14H22N2/c1-13(14-6-3-2-4-7-14)12-16-10-5-8-15-9-11-16/h2-4,6-7,13,15H,5,8-12H2,1H3/t13-/m0/s1. The van der Waals surface area contributed by atoms with Crippen LogP contribution in [0.1, 0.15) is 24.8 Å². The molecule has 1 fully saturated rings. The highest BCUT2D eigenvalue weighted by molar-refractivity contribution is 5.19. The minimum atomic E-state index is 0.638. The number of nitrogens with one attached hydrogen (secondary N) is 1. The monoisotopic (exact) mass is 218 g/mol. The van der Waals surface area contributed by atoms with Gasteiger partial charge in [-0.15, -0.1) is 0 Å². The molecule has 0 unspecified atom stereocenters. The summed E-state index contributed by atoms with van der Waals surface area (Å²) in [5, 5.41) is 3.45. The molecule has 0 spiro atoms. The molecule has 1 aliphatic heterocycles. The van der Waals surface area contributed by atoms with Crippen LogP contribution in [0.2, 0.25) is 0 Å². The molecule has 0 aromatic heterocycles. The predicted octanol–water partition coefficient (Wildman–Crippen LogP) is 2.09. The van der Waals surface area contributed by atoms with Crippen LogP contribution in [0.15, 0.2) is 30.3 Å². The second kappa shape index (κ2) is 6.02. The van der Waals surface area contributed by atoms with Gasteiger partial charge in [-0.1, -0.05) is 37.3 Å². The molecule has 0 saturated carbocycles. The van der Waals surface area contributed by atoms with E-state index in [9.17, 15) is 0 Å². The van der Waals surface area contributed by atoms with E-state index in [-0.39, 0.29) is 0 Å². The Hall–Kier alpha value is -0.860. The van der Waals surface area contributed by atoms with Gasteiger partial charge in [-0.25, -0.2) is 0 Å². The predicted molar refractivity (Wildman–Crippen MR) is 68.8 cm³/mol. The van der Waals surface area contributed by atoms with E-state index in [1.807, 2.05) is 0 Å². The third kappa shape index (κ3) is 3.32. The molecule has 1 aliphatic rings. The van der Waals surface area contributed by atoms with Gasteiger partial charge < -0.3 is 10.2 Å². The lowest BCUT2D eigenvalue weighted by Gasteiger charge is -2.23. The van der Waals surface area contributed by atoms with Crippen LogP contribution in [0.3, 0.4) is 0 Å². The fourth-order valence-corrected chi connectivity index (χ4v) is 2.36. The minimum absolute atomic E-state index is 0.638. The van der Waals surface area contributed by atoms with Gasteiger partial charge >= 0.3 is 0 Å². The molecule has 1 saturated heterocycles. The molecule has 1 heterocycles. The Kier molecular flexibility index (Phi) is 4.37. The Labute approximate surface area is 98.7 Å². The third-order valence-electron chi connectivity index (χ3n) is 3.33. The first-order chi connectivity index (χ1) is 7.86. The summed E-state index contributed by atoms with van der Waals surface area (Å²) >= 11 is 0. The molecule has 1 aromatic carbocycles. The lowest BCUT2D eigenvalue weighted by atomic mass is 10.0. The van der Waals surface area contributed by atoms with Gasteiger partial charge in [0.1, 0.15) is 0 Å². The van der Waals surface area contributed by atoms with E-state index in [0.29, 0.717) is 5.92 Å². The zero-order chi connectivity index (χ0) is 11.2. The molecular formula is C14H22N2. The smallest absolute Gasteiger partial charge is 0.0107 e. The van der Waals surface area contributed by atoms with E-state index in [1.165, 1.54) is 38.2 Å². The molecule has 1 aromatic rings. The van der Waals surface area contributed by atoms with E-state index in [2.05, 4.69) is 47.5 Å². The average Bonchev–Trinajstić information content (AvgIpc) is 2.59. The zero-order valence-electron chi connectivity index (χ0n) is 10.2. The van der Waals surface area contributed by atoms with Crippen LogP contribution in [-0.2, 0) is 0 Å². The summed E-state index contributed by atoms with van der Waals surface area (Å²) in [6.07, 6.45) is 1.28. The summed E-state index contributed by atoms with van der Waals surface area (Å²) in [5.41, 5.74) is 1.46. The molecule has 0 bridgehead atoms. The minimum Gasteiger partial charge on any atom is -0.315 e. The van der Waals surface area contributed by atoms with E-state index < -0.39 is 0 Å².